The maximum atomic E-state index is 11.1. The molecule has 0 atom stereocenters. The Morgan fingerprint density at radius 1 is 1.67 bits per heavy atom. The minimum Gasteiger partial charge on any atom is -0.361 e. The molecule has 0 unspecified atom stereocenters. The summed E-state index contributed by atoms with van der Waals surface area (Å²) in [6.45, 7) is 1.67. The van der Waals surface area contributed by atoms with Gasteiger partial charge < -0.3 is 4.98 Å². The molecule has 0 saturated heterocycles. The number of hydrogen-bond donors (Lipinski definition) is 1. The van der Waals surface area contributed by atoms with Crippen LogP contribution in [-0.2, 0) is 0 Å². The quantitative estimate of drug-likeness (QED) is 0.422. The number of H-pyrrole nitrogens is 1. The van der Waals surface area contributed by atoms with Gasteiger partial charge in [-0.3, -0.25) is 14.9 Å². The first-order chi connectivity index (χ1) is 5.66. The summed E-state index contributed by atoms with van der Waals surface area (Å²) in [5.41, 5.74) is 0.00403. The Bertz CT molecular complexity index is 316. The molecule has 0 aliphatic heterocycles. The van der Waals surface area contributed by atoms with Crippen LogP contribution in [0.25, 0.3) is 0 Å². The minimum atomic E-state index is -0.570. The first-order valence-corrected chi connectivity index (χ1v) is 3.51. The third-order valence-electron chi connectivity index (χ3n) is 1.54. The fourth-order valence-corrected chi connectivity index (χ4v) is 0.920. The molecule has 0 fully saturated rings. The Morgan fingerprint density at radius 2 is 2.33 bits per heavy atom. The third-order valence-corrected chi connectivity index (χ3v) is 1.54. The molecule has 1 aromatic heterocycles. The van der Waals surface area contributed by atoms with Crippen molar-refractivity contribution in [2.24, 2.45) is 0 Å². The molecule has 0 bridgehead atoms. The van der Waals surface area contributed by atoms with Gasteiger partial charge in [0.05, 0.1) is 11.1 Å². The average molecular weight is 168 g/mol. The minimum absolute atomic E-state index is 0.151. The Morgan fingerprint density at radius 3 is 2.83 bits per heavy atom. The van der Waals surface area contributed by atoms with Gasteiger partial charge in [-0.15, -0.1) is 0 Å². The molecule has 5 heteroatoms. The molecule has 1 aromatic rings. The summed E-state index contributed by atoms with van der Waals surface area (Å²) in [5.74, 6) is -0.219. The van der Waals surface area contributed by atoms with Gasteiger partial charge in [-0.25, -0.2) is 0 Å². The number of ketones is 1. The second kappa shape index (κ2) is 3.17. The van der Waals surface area contributed by atoms with Crippen molar-refractivity contribution < 1.29 is 9.72 Å². The van der Waals surface area contributed by atoms with E-state index in [9.17, 15) is 14.9 Å². The molecule has 0 aliphatic carbocycles. The van der Waals surface area contributed by atoms with E-state index in [1.165, 1.54) is 12.4 Å². The normalized spacial score (nSPS) is 9.75. The lowest BCUT2D eigenvalue weighted by Crippen LogP contribution is -1.98. The highest BCUT2D eigenvalue weighted by Gasteiger charge is 2.18. The smallest absolute Gasteiger partial charge is 0.297 e. The van der Waals surface area contributed by atoms with Crippen molar-refractivity contribution in [1.82, 2.24) is 4.98 Å². The van der Waals surface area contributed by atoms with Crippen LogP contribution in [-0.4, -0.2) is 15.7 Å². The van der Waals surface area contributed by atoms with Crippen LogP contribution in [0, 0.1) is 10.1 Å². The van der Waals surface area contributed by atoms with E-state index >= 15 is 0 Å². The van der Waals surface area contributed by atoms with E-state index in [2.05, 4.69) is 4.98 Å². The van der Waals surface area contributed by atoms with Gasteiger partial charge in [0.2, 0.25) is 0 Å². The molecule has 0 saturated carbocycles. The monoisotopic (exact) mass is 168 g/mol. The van der Waals surface area contributed by atoms with Crippen LogP contribution in [0.1, 0.15) is 23.7 Å². The van der Waals surface area contributed by atoms with E-state index < -0.39 is 4.92 Å². The first kappa shape index (κ1) is 8.45. The van der Waals surface area contributed by atoms with Crippen molar-refractivity contribution in [1.29, 1.82) is 0 Å². The zero-order valence-electron chi connectivity index (χ0n) is 6.53. The van der Waals surface area contributed by atoms with Crippen molar-refractivity contribution in [2.75, 3.05) is 0 Å². The van der Waals surface area contributed by atoms with Crippen molar-refractivity contribution >= 4 is 11.5 Å². The van der Waals surface area contributed by atoms with Crippen LogP contribution in [0.3, 0.4) is 0 Å². The fraction of sp³-hybridized carbons (Fsp3) is 0.286. The third kappa shape index (κ3) is 1.34. The molecular weight excluding hydrogens is 160 g/mol. The van der Waals surface area contributed by atoms with Crippen LogP contribution >= 0.6 is 0 Å². The van der Waals surface area contributed by atoms with E-state index in [-0.39, 0.29) is 23.5 Å². The van der Waals surface area contributed by atoms with Gasteiger partial charge in [0, 0.05) is 12.6 Å². The van der Waals surface area contributed by atoms with Crippen LogP contribution in [0.5, 0.6) is 0 Å². The van der Waals surface area contributed by atoms with E-state index in [1.807, 2.05) is 0 Å². The largest absolute Gasteiger partial charge is 0.361 e. The summed E-state index contributed by atoms with van der Waals surface area (Å²) in [7, 11) is 0. The molecule has 1 N–H and O–H groups in total. The predicted octanol–water partition coefficient (Wildman–Crippen LogP) is 1.52. The molecule has 12 heavy (non-hydrogen) atoms. The Hall–Kier alpha value is -1.65. The lowest BCUT2D eigenvalue weighted by molar-refractivity contribution is -0.385. The molecule has 0 aliphatic rings. The van der Waals surface area contributed by atoms with Crippen molar-refractivity contribution in [3.8, 4) is 0 Å². The van der Waals surface area contributed by atoms with Gasteiger partial charge >= 0.3 is 0 Å². The molecule has 0 radical (unpaired) electrons. The van der Waals surface area contributed by atoms with E-state index in [0.717, 1.165) is 0 Å². The number of carbonyl (C=O) groups is 1. The highest BCUT2D eigenvalue weighted by Crippen LogP contribution is 2.18. The number of aromatic amines is 1. The Labute approximate surface area is 68.5 Å². The number of hydrogen-bond acceptors (Lipinski definition) is 3. The van der Waals surface area contributed by atoms with Crippen molar-refractivity contribution in [3.63, 3.8) is 0 Å². The van der Waals surface area contributed by atoms with E-state index in [4.69, 9.17) is 0 Å². The lowest BCUT2D eigenvalue weighted by atomic mass is 10.1. The van der Waals surface area contributed by atoms with Gasteiger partial charge in [0.1, 0.15) is 5.56 Å². The molecule has 5 nitrogen and oxygen atoms in total. The number of carbonyl (C=O) groups excluding carboxylic acids is 1. The molecule has 0 amide bonds. The van der Waals surface area contributed by atoms with Crippen LogP contribution in [0.15, 0.2) is 12.4 Å². The topological polar surface area (TPSA) is 76.0 Å². The molecule has 1 heterocycles. The predicted molar refractivity (Wildman–Crippen MR) is 42.1 cm³/mol. The molecule has 64 valence electrons. The number of nitrogens with one attached hydrogen (secondary N) is 1. The zero-order valence-corrected chi connectivity index (χ0v) is 6.53. The van der Waals surface area contributed by atoms with Gasteiger partial charge in [0.25, 0.3) is 5.69 Å². The average Bonchev–Trinajstić information content (AvgIpc) is 2.50. The molecule has 0 spiro atoms. The number of rotatable bonds is 3. The highest BCUT2D eigenvalue weighted by molar-refractivity contribution is 5.99. The SMILES string of the molecule is CCC(=O)c1c[nH]cc1[N+](=O)[O-]. The Kier molecular flexibility index (Phi) is 2.23. The number of Topliss-reactive ketones (excluding diaryl/α,β-unsaturated/α-hetero) is 1. The number of nitro groups is 1. The molecule has 1 rings (SSSR count). The summed E-state index contributed by atoms with van der Waals surface area (Å²) in [6, 6.07) is 0. The lowest BCUT2D eigenvalue weighted by Gasteiger charge is -1.91. The van der Waals surface area contributed by atoms with Crippen molar-refractivity contribution in [2.45, 2.75) is 13.3 Å². The van der Waals surface area contributed by atoms with Crippen LogP contribution in [0.4, 0.5) is 5.69 Å². The van der Waals surface area contributed by atoms with Crippen LogP contribution < -0.4 is 0 Å². The summed E-state index contributed by atoms with van der Waals surface area (Å²) in [4.78, 5) is 23.4. The van der Waals surface area contributed by atoms with Crippen molar-refractivity contribution in [3.05, 3.63) is 28.1 Å². The van der Waals surface area contributed by atoms with E-state index in [0.29, 0.717) is 0 Å². The summed E-state index contributed by atoms with van der Waals surface area (Å²) in [5, 5.41) is 10.3. The summed E-state index contributed by atoms with van der Waals surface area (Å²) >= 11 is 0. The number of nitrogens with zero attached hydrogens (tertiary/aromatic N) is 1. The summed E-state index contributed by atoms with van der Waals surface area (Å²) < 4.78 is 0. The molecule has 0 aromatic carbocycles. The highest BCUT2D eigenvalue weighted by atomic mass is 16.6. The number of aromatic nitrogens is 1. The van der Waals surface area contributed by atoms with Gasteiger partial charge in [-0.1, -0.05) is 6.92 Å². The van der Waals surface area contributed by atoms with Gasteiger partial charge in [0.15, 0.2) is 5.78 Å². The first-order valence-electron chi connectivity index (χ1n) is 3.51. The van der Waals surface area contributed by atoms with E-state index in [1.54, 1.807) is 6.92 Å². The molecular formula is C7H8N2O3. The maximum Gasteiger partial charge on any atom is 0.297 e. The maximum absolute atomic E-state index is 11.1. The zero-order chi connectivity index (χ0) is 9.14. The Balaban J connectivity index is 3.07. The second-order valence-corrected chi connectivity index (χ2v) is 2.29. The standard InChI is InChI=1S/C7H8N2O3/c1-2-7(10)5-3-8-4-6(5)9(11)12/h3-4,8H,2H2,1H3. The van der Waals surface area contributed by atoms with Gasteiger partial charge in [-0.2, -0.15) is 0 Å². The van der Waals surface area contributed by atoms with Crippen LogP contribution in [0.2, 0.25) is 0 Å². The van der Waals surface area contributed by atoms with Gasteiger partial charge in [-0.05, 0) is 0 Å². The second-order valence-electron chi connectivity index (χ2n) is 2.29. The fourth-order valence-electron chi connectivity index (χ4n) is 0.920. The summed E-state index contributed by atoms with van der Waals surface area (Å²) in [6.07, 6.45) is 2.84.